The fourth-order valence-electron chi connectivity index (χ4n) is 7.57. The summed E-state index contributed by atoms with van der Waals surface area (Å²) in [6.07, 6.45) is 71.3. The third-order valence-electron chi connectivity index (χ3n) is 11.8. The summed E-state index contributed by atoms with van der Waals surface area (Å²) < 4.78 is 16.8. The van der Waals surface area contributed by atoms with Gasteiger partial charge in [0.2, 0.25) is 0 Å². The van der Waals surface area contributed by atoms with Crippen LogP contribution in [0.3, 0.4) is 0 Å². The predicted octanol–water partition coefficient (Wildman–Crippen LogP) is 18.8. The average molecular weight is 933 g/mol. The third kappa shape index (κ3) is 53.4. The second kappa shape index (κ2) is 55.2. The molecule has 0 aromatic rings. The van der Waals surface area contributed by atoms with Crippen LogP contribution in [0.4, 0.5) is 0 Å². The number of unbranched alkanes of at least 4 members (excludes halogenated alkanes) is 25. The van der Waals surface area contributed by atoms with Crippen LogP contribution >= 0.6 is 0 Å². The maximum atomic E-state index is 12.8. The van der Waals surface area contributed by atoms with Crippen molar-refractivity contribution in [3.05, 3.63) is 85.1 Å². The highest BCUT2D eigenvalue weighted by Crippen LogP contribution is 2.14. The van der Waals surface area contributed by atoms with Crippen molar-refractivity contribution in [2.24, 2.45) is 0 Å². The van der Waals surface area contributed by atoms with Gasteiger partial charge in [-0.3, -0.25) is 14.4 Å². The Labute approximate surface area is 414 Å². The fourth-order valence-corrected chi connectivity index (χ4v) is 7.57. The van der Waals surface area contributed by atoms with Crippen LogP contribution in [0, 0.1) is 0 Å². The minimum absolute atomic E-state index is 0.0947. The molecule has 0 fully saturated rings. The zero-order valence-electron chi connectivity index (χ0n) is 43.9. The lowest BCUT2D eigenvalue weighted by Crippen LogP contribution is -2.30. The number of allylic oxidation sites excluding steroid dienone is 14. The first-order valence-electron chi connectivity index (χ1n) is 28.1. The van der Waals surface area contributed by atoms with Crippen molar-refractivity contribution in [1.82, 2.24) is 0 Å². The Hall–Kier alpha value is -3.41. The lowest BCUT2D eigenvalue weighted by Gasteiger charge is -2.18. The normalized spacial score (nSPS) is 12.7. The van der Waals surface area contributed by atoms with Gasteiger partial charge in [-0.1, -0.05) is 209 Å². The number of carbonyl (C=O) groups is 3. The molecule has 0 amide bonds. The molecule has 67 heavy (non-hydrogen) atoms. The first kappa shape index (κ1) is 63.6. The second-order valence-corrected chi connectivity index (χ2v) is 18.5. The smallest absolute Gasteiger partial charge is 0.306 e. The maximum absolute atomic E-state index is 12.8. The molecule has 0 N–H and O–H groups in total. The van der Waals surface area contributed by atoms with Gasteiger partial charge >= 0.3 is 17.9 Å². The Morgan fingerprint density at radius 2 is 0.537 bits per heavy atom. The molecule has 0 saturated carbocycles. The van der Waals surface area contributed by atoms with Crippen molar-refractivity contribution in [2.45, 2.75) is 271 Å². The number of rotatable bonds is 50. The summed E-state index contributed by atoms with van der Waals surface area (Å²) in [5.74, 6) is -0.934. The van der Waals surface area contributed by atoms with Crippen molar-refractivity contribution in [3.8, 4) is 0 Å². The molecule has 0 heterocycles. The maximum Gasteiger partial charge on any atom is 0.306 e. The van der Waals surface area contributed by atoms with Gasteiger partial charge in [-0.2, -0.15) is 0 Å². The van der Waals surface area contributed by atoms with Gasteiger partial charge in [0.1, 0.15) is 13.2 Å². The Morgan fingerprint density at radius 3 is 0.836 bits per heavy atom. The zero-order chi connectivity index (χ0) is 48.6. The monoisotopic (exact) mass is 933 g/mol. The van der Waals surface area contributed by atoms with Crippen LogP contribution in [-0.4, -0.2) is 37.2 Å². The molecule has 0 bridgehead atoms. The molecule has 0 unspecified atom stereocenters. The largest absolute Gasteiger partial charge is 0.462 e. The molecule has 0 aliphatic carbocycles. The van der Waals surface area contributed by atoms with Crippen LogP contribution in [0.25, 0.3) is 0 Å². The fraction of sp³-hybridized carbons (Fsp3) is 0.721. The first-order valence-corrected chi connectivity index (χ1v) is 28.1. The molecule has 6 heteroatoms. The number of esters is 3. The predicted molar refractivity (Wildman–Crippen MR) is 288 cm³/mol. The Balaban J connectivity index is 4.47. The van der Waals surface area contributed by atoms with Crippen molar-refractivity contribution in [3.63, 3.8) is 0 Å². The summed E-state index contributed by atoms with van der Waals surface area (Å²) in [7, 11) is 0. The zero-order valence-corrected chi connectivity index (χ0v) is 43.9. The van der Waals surface area contributed by atoms with E-state index in [2.05, 4.69) is 106 Å². The number of carbonyl (C=O) groups excluding carboxylic acids is 3. The van der Waals surface area contributed by atoms with E-state index >= 15 is 0 Å². The Morgan fingerprint density at radius 1 is 0.299 bits per heavy atom. The summed E-state index contributed by atoms with van der Waals surface area (Å²) in [5.41, 5.74) is 0. The van der Waals surface area contributed by atoms with Gasteiger partial charge in [0.15, 0.2) is 6.10 Å². The minimum atomic E-state index is -0.797. The van der Waals surface area contributed by atoms with Crippen LogP contribution < -0.4 is 0 Å². The number of hydrogen-bond donors (Lipinski definition) is 0. The molecule has 0 saturated heterocycles. The standard InChI is InChI=1S/C61H104O6/c1-4-7-10-13-16-19-22-25-28-30-33-36-39-42-45-48-51-54-60(63)66-57-58(56-65-59(62)53-50-47-44-41-38-35-32-27-24-21-18-15-12-9-6-3)67-61(64)55-52-49-46-43-40-37-34-31-29-26-23-20-17-14-11-8-5-2/h16-21,25-29,32-33,36,58H,4-15,22-24,30-31,34-35,37-57H2,1-3H3/b19-16-,20-17-,21-18-,28-25-,29-26-,32-27-,36-33-/t58-/m0/s1. The highest BCUT2D eigenvalue weighted by atomic mass is 16.6. The quantitative estimate of drug-likeness (QED) is 0.0262. The van der Waals surface area contributed by atoms with E-state index in [9.17, 15) is 14.4 Å². The van der Waals surface area contributed by atoms with Crippen molar-refractivity contribution in [2.75, 3.05) is 13.2 Å². The molecular weight excluding hydrogens is 829 g/mol. The first-order chi connectivity index (χ1) is 33.0. The van der Waals surface area contributed by atoms with Crippen LogP contribution in [0.5, 0.6) is 0 Å². The lowest BCUT2D eigenvalue weighted by molar-refractivity contribution is -0.167. The second-order valence-electron chi connectivity index (χ2n) is 18.5. The van der Waals surface area contributed by atoms with E-state index in [0.717, 1.165) is 122 Å². The van der Waals surface area contributed by atoms with Crippen LogP contribution in [-0.2, 0) is 28.6 Å². The molecule has 384 valence electrons. The van der Waals surface area contributed by atoms with Crippen molar-refractivity contribution in [1.29, 1.82) is 0 Å². The van der Waals surface area contributed by atoms with Crippen molar-refractivity contribution >= 4 is 17.9 Å². The number of ether oxygens (including phenoxy) is 3. The molecule has 0 radical (unpaired) electrons. The van der Waals surface area contributed by atoms with Crippen LogP contribution in [0.15, 0.2) is 85.1 Å². The van der Waals surface area contributed by atoms with Gasteiger partial charge in [0.05, 0.1) is 0 Å². The summed E-state index contributed by atoms with van der Waals surface area (Å²) in [4.78, 5) is 38.1. The molecule has 1 atom stereocenters. The average Bonchev–Trinajstić information content (AvgIpc) is 3.33. The molecule has 0 aromatic heterocycles. The summed E-state index contributed by atoms with van der Waals surface area (Å²) in [6.45, 7) is 6.53. The van der Waals surface area contributed by atoms with Gasteiger partial charge < -0.3 is 14.2 Å². The van der Waals surface area contributed by atoms with Gasteiger partial charge in [-0.25, -0.2) is 0 Å². The van der Waals surface area contributed by atoms with E-state index in [1.165, 1.54) is 103 Å². The molecule has 6 nitrogen and oxygen atoms in total. The SMILES string of the molecule is CCCCC/C=C\C/C=C\C/C=C\CCCCCCC(=O)OC[C@H](COC(=O)CCCCCCC/C=C\C/C=C\CCCCC)OC(=O)CCCCCCCCC/C=C\C/C=C\CCCCC. The lowest BCUT2D eigenvalue weighted by atomic mass is 10.1. The molecule has 0 aliphatic rings. The van der Waals surface area contributed by atoms with E-state index in [1.54, 1.807) is 0 Å². The third-order valence-corrected chi connectivity index (χ3v) is 11.8. The highest BCUT2D eigenvalue weighted by molar-refractivity contribution is 5.71. The molecule has 0 aromatic carbocycles. The highest BCUT2D eigenvalue weighted by Gasteiger charge is 2.19. The van der Waals surface area contributed by atoms with Crippen LogP contribution in [0.1, 0.15) is 265 Å². The van der Waals surface area contributed by atoms with Gasteiger partial charge in [-0.15, -0.1) is 0 Å². The summed E-state index contributed by atoms with van der Waals surface area (Å²) >= 11 is 0. The molecule has 0 rings (SSSR count). The van der Waals surface area contributed by atoms with Gasteiger partial charge in [0, 0.05) is 19.3 Å². The van der Waals surface area contributed by atoms with E-state index in [4.69, 9.17) is 14.2 Å². The molecule has 0 spiro atoms. The van der Waals surface area contributed by atoms with E-state index in [1.807, 2.05) is 0 Å². The topological polar surface area (TPSA) is 78.9 Å². The minimum Gasteiger partial charge on any atom is -0.462 e. The van der Waals surface area contributed by atoms with Gasteiger partial charge in [0.25, 0.3) is 0 Å². The van der Waals surface area contributed by atoms with Crippen LogP contribution in [0.2, 0.25) is 0 Å². The van der Waals surface area contributed by atoms with E-state index in [0.29, 0.717) is 19.3 Å². The summed E-state index contributed by atoms with van der Waals surface area (Å²) in [6, 6.07) is 0. The molecule has 0 aliphatic heterocycles. The Bertz CT molecular complexity index is 1300. The van der Waals surface area contributed by atoms with Crippen molar-refractivity contribution < 1.29 is 28.6 Å². The van der Waals surface area contributed by atoms with E-state index in [-0.39, 0.29) is 31.1 Å². The number of hydrogen-bond acceptors (Lipinski definition) is 6. The molecular formula is C61H104O6. The Kier molecular flexibility index (Phi) is 52.4. The summed E-state index contributed by atoms with van der Waals surface area (Å²) in [5, 5.41) is 0. The van der Waals surface area contributed by atoms with E-state index < -0.39 is 6.10 Å². The van der Waals surface area contributed by atoms with Gasteiger partial charge in [-0.05, 0) is 122 Å².